The van der Waals surface area contributed by atoms with Gasteiger partial charge in [0, 0.05) is 28.9 Å². The molecule has 4 radical (unpaired) electrons. The maximum atomic E-state index is 9.93. The molecule has 0 saturated carbocycles. The largest absolute Gasteiger partial charge is 0.507 e. The van der Waals surface area contributed by atoms with E-state index in [1.165, 1.54) is 0 Å². The minimum atomic E-state index is -0.891. The van der Waals surface area contributed by atoms with Crippen LogP contribution in [0.4, 0.5) is 0 Å². The molecule has 0 saturated heterocycles. The standard InChI is InChI=1S/C13H16B2N2O/c1-17(2,3)13(14,15)7-9-8-16-10-5-4-6-11(18)12(9)10/h4-6,8,16H,7H2,1-3H3/p+1. The second kappa shape index (κ2) is 4.09. The van der Waals surface area contributed by atoms with Gasteiger partial charge in [-0.15, -0.1) is 0 Å². The highest BCUT2D eigenvalue weighted by Gasteiger charge is 2.32. The topological polar surface area (TPSA) is 36.0 Å². The molecular formula is C13H17B2N2O+. The highest BCUT2D eigenvalue weighted by Crippen LogP contribution is 2.30. The Balaban J connectivity index is 2.45. The van der Waals surface area contributed by atoms with Crippen molar-refractivity contribution in [3.05, 3.63) is 30.0 Å². The van der Waals surface area contributed by atoms with E-state index in [1.807, 2.05) is 33.4 Å². The van der Waals surface area contributed by atoms with Crippen LogP contribution < -0.4 is 0 Å². The summed E-state index contributed by atoms with van der Waals surface area (Å²) in [6.45, 7) is 0. The van der Waals surface area contributed by atoms with Crippen LogP contribution in [0.1, 0.15) is 5.56 Å². The van der Waals surface area contributed by atoms with Gasteiger partial charge in [0.2, 0.25) is 0 Å². The van der Waals surface area contributed by atoms with Crippen molar-refractivity contribution in [3.63, 3.8) is 0 Å². The van der Waals surface area contributed by atoms with Crippen LogP contribution in [0, 0.1) is 0 Å². The Morgan fingerprint density at radius 1 is 1.28 bits per heavy atom. The van der Waals surface area contributed by atoms with E-state index in [-0.39, 0.29) is 5.75 Å². The molecule has 2 N–H and O–H groups in total. The molecule has 1 aromatic heterocycles. The van der Waals surface area contributed by atoms with Crippen LogP contribution in [-0.4, -0.2) is 56.7 Å². The molecule has 2 rings (SSSR count). The van der Waals surface area contributed by atoms with Gasteiger partial charge < -0.3 is 14.6 Å². The average Bonchev–Trinajstić information content (AvgIpc) is 2.60. The third-order valence-electron chi connectivity index (χ3n) is 3.49. The van der Waals surface area contributed by atoms with Gasteiger partial charge in [-0.3, -0.25) is 0 Å². The highest BCUT2D eigenvalue weighted by atomic mass is 16.3. The number of likely N-dealkylation sites (N-methyl/N-ethyl adjacent to an activating group) is 1. The molecule has 0 spiro atoms. The lowest BCUT2D eigenvalue weighted by atomic mass is 9.57. The molecule has 0 fully saturated rings. The van der Waals surface area contributed by atoms with Crippen LogP contribution >= 0.6 is 0 Å². The van der Waals surface area contributed by atoms with Gasteiger partial charge >= 0.3 is 0 Å². The fraction of sp³-hybridized carbons (Fsp3) is 0.385. The molecule has 1 heterocycles. The monoisotopic (exact) mass is 239 g/mol. The molecule has 18 heavy (non-hydrogen) atoms. The Bertz CT molecular complexity index is 570. The van der Waals surface area contributed by atoms with Gasteiger partial charge in [0.15, 0.2) is 0 Å². The zero-order valence-electron chi connectivity index (χ0n) is 11.1. The van der Waals surface area contributed by atoms with Crippen LogP contribution in [0.5, 0.6) is 5.75 Å². The number of aromatic amines is 1. The summed E-state index contributed by atoms with van der Waals surface area (Å²) < 4.78 is 0.438. The van der Waals surface area contributed by atoms with Crippen LogP contribution in [0.3, 0.4) is 0 Å². The van der Waals surface area contributed by atoms with Crippen molar-refractivity contribution in [2.75, 3.05) is 21.1 Å². The van der Waals surface area contributed by atoms with E-state index in [9.17, 15) is 5.11 Å². The van der Waals surface area contributed by atoms with E-state index in [1.54, 1.807) is 12.1 Å². The summed E-state index contributed by atoms with van der Waals surface area (Å²) in [6, 6.07) is 5.38. The predicted molar refractivity (Wildman–Crippen MR) is 75.9 cm³/mol. The van der Waals surface area contributed by atoms with Crippen molar-refractivity contribution < 1.29 is 9.59 Å². The molecule has 0 bridgehead atoms. The third kappa shape index (κ3) is 2.15. The fourth-order valence-electron chi connectivity index (χ4n) is 1.92. The lowest BCUT2D eigenvalue weighted by Crippen LogP contribution is -2.59. The molecule has 0 aliphatic carbocycles. The number of aromatic nitrogens is 1. The van der Waals surface area contributed by atoms with Gasteiger partial charge in [-0.2, -0.15) is 0 Å². The predicted octanol–water partition coefficient (Wildman–Crippen LogP) is 1.11. The number of hydrogen-bond acceptors (Lipinski definition) is 1. The molecule has 0 amide bonds. The number of aromatic hydroxyl groups is 1. The molecule has 3 nitrogen and oxygen atoms in total. The number of fused-ring (bicyclic) bond motifs is 1. The summed E-state index contributed by atoms with van der Waals surface area (Å²) in [5.41, 5.74) is 1.82. The summed E-state index contributed by atoms with van der Waals surface area (Å²) in [6.07, 6.45) is 2.34. The molecular weight excluding hydrogens is 222 g/mol. The van der Waals surface area contributed by atoms with E-state index in [4.69, 9.17) is 15.7 Å². The van der Waals surface area contributed by atoms with Gasteiger partial charge in [0.05, 0.1) is 21.1 Å². The van der Waals surface area contributed by atoms with E-state index < -0.39 is 5.34 Å². The second-order valence-electron chi connectivity index (χ2n) is 5.69. The Morgan fingerprint density at radius 3 is 2.56 bits per heavy atom. The number of benzene rings is 1. The number of nitrogens with one attached hydrogen (secondary N) is 1. The summed E-state index contributed by atoms with van der Waals surface area (Å²) in [5.74, 6) is 0.251. The molecule has 0 aliphatic heterocycles. The van der Waals surface area contributed by atoms with Crippen LogP contribution in [0.2, 0.25) is 0 Å². The van der Waals surface area contributed by atoms with Crippen molar-refractivity contribution in [2.45, 2.75) is 11.8 Å². The third-order valence-corrected chi connectivity index (χ3v) is 3.49. The van der Waals surface area contributed by atoms with Crippen molar-refractivity contribution >= 4 is 26.6 Å². The number of hydrogen-bond donors (Lipinski definition) is 2. The molecule has 2 aromatic rings. The normalized spacial score (nSPS) is 13.1. The lowest BCUT2D eigenvalue weighted by Gasteiger charge is -2.43. The fourth-order valence-corrected chi connectivity index (χ4v) is 1.92. The van der Waals surface area contributed by atoms with Gasteiger partial charge in [-0.25, -0.2) is 0 Å². The van der Waals surface area contributed by atoms with Crippen LogP contribution in [-0.2, 0) is 6.42 Å². The van der Waals surface area contributed by atoms with Gasteiger partial charge in [-0.1, -0.05) is 6.07 Å². The summed E-state index contributed by atoms with van der Waals surface area (Å²) >= 11 is 0. The first-order chi connectivity index (χ1) is 8.22. The van der Waals surface area contributed by atoms with E-state index >= 15 is 0 Å². The van der Waals surface area contributed by atoms with Gasteiger partial charge in [-0.05, 0) is 17.7 Å². The van der Waals surface area contributed by atoms with E-state index in [2.05, 4.69) is 4.98 Å². The SMILES string of the molecule is [B]C([B])(Cc1c[nH]c2cccc(O)c12)[N+](C)(C)C. The van der Waals surface area contributed by atoms with Crippen LogP contribution in [0.15, 0.2) is 24.4 Å². The zero-order valence-corrected chi connectivity index (χ0v) is 11.1. The highest BCUT2D eigenvalue weighted by molar-refractivity contribution is 6.39. The van der Waals surface area contributed by atoms with Crippen molar-refractivity contribution in [1.82, 2.24) is 4.98 Å². The van der Waals surface area contributed by atoms with Crippen molar-refractivity contribution in [2.24, 2.45) is 0 Å². The van der Waals surface area contributed by atoms with Crippen LogP contribution in [0.25, 0.3) is 10.9 Å². The molecule has 90 valence electrons. The second-order valence-corrected chi connectivity index (χ2v) is 5.69. The molecule has 0 unspecified atom stereocenters. The summed E-state index contributed by atoms with van der Waals surface area (Å²) in [7, 11) is 18.2. The minimum absolute atomic E-state index is 0.251. The molecule has 0 atom stereocenters. The van der Waals surface area contributed by atoms with Gasteiger partial charge in [0.25, 0.3) is 0 Å². The maximum Gasteiger partial charge on any atom is 0.143 e. The molecule has 0 aliphatic rings. The smallest absolute Gasteiger partial charge is 0.143 e. The Kier molecular flexibility index (Phi) is 2.98. The Labute approximate surface area is 110 Å². The number of phenolic OH excluding ortho intramolecular Hbond substituents is 1. The quantitative estimate of drug-likeness (QED) is 0.610. The number of rotatable bonds is 3. The number of nitrogens with zero attached hydrogens (tertiary/aromatic N) is 1. The van der Waals surface area contributed by atoms with E-state index in [0.717, 1.165) is 16.5 Å². The van der Waals surface area contributed by atoms with Crippen molar-refractivity contribution in [1.29, 1.82) is 0 Å². The maximum absolute atomic E-state index is 9.93. The first-order valence-corrected chi connectivity index (χ1v) is 5.89. The minimum Gasteiger partial charge on any atom is -0.507 e. The molecule has 1 aromatic carbocycles. The average molecular weight is 239 g/mol. The Morgan fingerprint density at radius 2 is 1.94 bits per heavy atom. The number of phenols is 1. The number of quaternary nitrogens is 1. The summed E-state index contributed by atoms with van der Waals surface area (Å²) in [5, 5.41) is 9.84. The zero-order chi connectivity index (χ0) is 13.6. The molecule has 5 heteroatoms. The van der Waals surface area contributed by atoms with E-state index in [0.29, 0.717) is 10.9 Å². The number of H-pyrrole nitrogens is 1. The lowest BCUT2D eigenvalue weighted by molar-refractivity contribution is -0.894. The first kappa shape index (κ1) is 13.1. The van der Waals surface area contributed by atoms with Crippen molar-refractivity contribution in [3.8, 4) is 5.75 Å². The van der Waals surface area contributed by atoms with Gasteiger partial charge in [0.1, 0.15) is 21.4 Å². The first-order valence-electron chi connectivity index (χ1n) is 5.89. The summed E-state index contributed by atoms with van der Waals surface area (Å²) in [4.78, 5) is 3.12. The Hall–Kier alpha value is -1.35.